The molecule has 21 heavy (non-hydrogen) atoms. The number of aromatic nitrogens is 2. The van der Waals surface area contributed by atoms with Gasteiger partial charge in [0.05, 0.1) is 6.10 Å². The summed E-state index contributed by atoms with van der Waals surface area (Å²) in [5.41, 5.74) is 3.50. The SMILES string of the molecule is Cc1c(NN)nc(C(C)(C)C)nc1NC1CCOC(C)C1. The highest BCUT2D eigenvalue weighted by molar-refractivity contribution is 5.57. The van der Waals surface area contributed by atoms with Crippen LogP contribution in [-0.2, 0) is 10.2 Å². The van der Waals surface area contributed by atoms with Crippen molar-refractivity contribution < 1.29 is 4.74 Å². The Balaban J connectivity index is 2.29. The molecule has 1 aromatic rings. The summed E-state index contributed by atoms with van der Waals surface area (Å²) in [5, 5.41) is 3.54. The lowest BCUT2D eigenvalue weighted by Gasteiger charge is -2.29. The van der Waals surface area contributed by atoms with Gasteiger partial charge in [0.1, 0.15) is 17.5 Å². The summed E-state index contributed by atoms with van der Waals surface area (Å²) in [7, 11) is 0. The van der Waals surface area contributed by atoms with E-state index in [-0.39, 0.29) is 11.5 Å². The second-order valence-corrected chi connectivity index (χ2v) is 6.81. The standard InChI is InChI=1S/C15H27N5O/c1-9-8-11(6-7-21-9)17-12-10(2)13(20-16)19-14(18-12)15(3,4)5/h9,11H,6-8,16H2,1-5H3,(H2,17,18,19,20). The first kappa shape index (κ1) is 16.0. The Morgan fingerprint density at radius 2 is 1.90 bits per heavy atom. The third-order valence-corrected chi connectivity index (χ3v) is 3.78. The number of nitrogen functional groups attached to an aromatic ring is 1. The van der Waals surface area contributed by atoms with Crippen LogP contribution in [0, 0.1) is 6.92 Å². The summed E-state index contributed by atoms with van der Waals surface area (Å²) in [5.74, 6) is 7.92. The van der Waals surface area contributed by atoms with Crippen LogP contribution in [0.15, 0.2) is 0 Å². The number of nitrogens with one attached hydrogen (secondary N) is 2. The van der Waals surface area contributed by atoms with Crippen molar-refractivity contribution >= 4 is 11.6 Å². The zero-order valence-corrected chi connectivity index (χ0v) is 13.7. The van der Waals surface area contributed by atoms with Gasteiger partial charge in [0.2, 0.25) is 0 Å². The Kier molecular flexibility index (Phi) is 4.68. The van der Waals surface area contributed by atoms with Crippen molar-refractivity contribution in [2.24, 2.45) is 5.84 Å². The fourth-order valence-corrected chi connectivity index (χ4v) is 2.46. The molecule has 1 saturated heterocycles. The molecule has 4 N–H and O–H groups in total. The molecule has 1 aliphatic heterocycles. The first-order valence-electron chi connectivity index (χ1n) is 7.55. The van der Waals surface area contributed by atoms with Crippen LogP contribution in [0.5, 0.6) is 0 Å². The Morgan fingerprint density at radius 1 is 1.24 bits per heavy atom. The van der Waals surface area contributed by atoms with E-state index in [1.54, 1.807) is 0 Å². The molecular weight excluding hydrogens is 266 g/mol. The van der Waals surface area contributed by atoms with Crippen molar-refractivity contribution in [2.45, 2.75) is 65.0 Å². The number of nitrogens with zero attached hydrogens (tertiary/aromatic N) is 2. The van der Waals surface area contributed by atoms with E-state index >= 15 is 0 Å². The molecule has 1 fully saturated rings. The van der Waals surface area contributed by atoms with Gasteiger partial charge < -0.3 is 15.5 Å². The number of hydrogen-bond donors (Lipinski definition) is 3. The van der Waals surface area contributed by atoms with Gasteiger partial charge in [-0.25, -0.2) is 15.8 Å². The molecule has 118 valence electrons. The zero-order valence-electron chi connectivity index (χ0n) is 13.7. The number of ether oxygens (including phenoxy) is 1. The summed E-state index contributed by atoms with van der Waals surface area (Å²) in [4.78, 5) is 9.23. The highest BCUT2D eigenvalue weighted by Gasteiger charge is 2.24. The predicted octanol–water partition coefficient (Wildman–Crippen LogP) is 2.35. The lowest BCUT2D eigenvalue weighted by Crippen LogP contribution is -2.33. The predicted molar refractivity (Wildman–Crippen MR) is 85.3 cm³/mol. The maximum Gasteiger partial charge on any atom is 0.148 e. The van der Waals surface area contributed by atoms with E-state index in [4.69, 9.17) is 15.6 Å². The molecule has 0 aromatic carbocycles. The molecule has 0 radical (unpaired) electrons. The fraction of sp³-hybridized carbons (Fsp3) is 0.733. The maximum atomic E-state index is 5.60. The van der Waals surface area contributed by atoms with E-state index in [2.05, 4.69) is 43.4 Å². The minimum Gasteiger partial charge on any atom is -0.378 e. The average Bonchev–Trinajstić information content (AvgIpc) is 2.40. The van der Waals surface area contributed by atoms with Gasteiger partial charge in [-0.15, -0.1) is 0 Å². The topological polar surface area (TPSA) is 85.1 Å². The van der Waals surface area contributed by atoms with Crippen LogP contribution in [0.25, 0.3) is 0 Å². The zero-order chi connectivity index (χ0) is 15.6. The normalized spacial score (nSPS) is 23.0. The molecule has 0 spiro atoms. The van der Waals surface area contributed by atoms with Crippen molar-refractivity contribution in [2.75, 3.05) is 17.3 Å². The summed E-state index contributed by atoms with van der Waals surface area (Å²) in [6.07, 6.45) is 2.26. The van der Waals surface area contributed by atoms with Gasteiger partial charge in [-0.1, -0.05) is 20.8 Å². The third kappa shape index (κ3) is 3.83. The Hall–Kier alpha value is -1.40. The van der Waals surface area contributed by atoms with Gasteiger partial charge in [-0.05, 0) is 26.7 Å². The summed E-state index contributed by atoms with van der Waals surface area (Å²) < 4.78 is 5.59. The minimum absolute atomic E-state index is 0.126. The van der Waals surface area contributed by atoms with Gasteiger partial charge in [-0.2, -0.15) is 0 Å². The molecule has 6 nitrogen and oxygen atoms in total. The molecule has 2 rings (SSSR count). The fourth-order valence-electron chi connectivity index (χ4n) is 2.46. The Bertz CT molecular complexity index is 498. The summed E-state index contributed by atoms with van der Waals surface area (Å²) in [6.45, 7) is 11.2. The third-order valence-electron chi connectivity index (χ3n) is 3.78. The van der Waals surface area contributed by atoms with Gasteiger partial charge in [0.15, 0.2) is 0 Å². The summed E-state index contributed by atoms with van der Waals surface area (Å²) >= 11 is 0. The molecule has 2 unspecified atom stereocenters. The van der Waals surface area contributed by atoms with Crippen molar-refractivity contribution in [1.82, 2.24) is 9.97 Å². The van der Waals surface area contributed by atoms with E-state index in [1.165, 1.54) is 0 Å². The Morgan fingerprint density at radius 3 is 2.48 bits per heavy atom. The van der Waals surface area contributed by atoms with Crippen molar-refractivity contribution in [3.05, 3.63) is 11.4 Å². The van der Waals surface area contributed by atoms with E-state index in [9.17, 15) is 0 Å². The lowest BCUT2D eigenvalue weighted by atomic mass is 9.95. The van der Waals surface area contributed by atoms with Crippen LogP contribution in [-0.4, -0.2) is 28.7 Å². The van der Waals surface area contributed by atoms with Crippen LogP contribution in [0.2, 0.25) is 0 Å². The van der Waals surface area contributed by atoms with Crippen LogP contribution in [0.1, 0.15) is 51.9 Å². The maximum absolute atomic E-state index is 5.60. The molecule has 2 atom stereocenters. The number of anilines is 2. The minimum atomic E-state index is -0.126. The number of rotatable bonds is 3. The van der Waals surface area contributed by atoms with Gasteiger partial charge in [0, 0.05) is 23.6 Å². The second-order valence-electron chi connectivity index (χ2n) is 6.81. The molecule has 1 aliphatic rings. The molecule has 0 amide bonds. The van der Waals surface area contributed by atoms with Crippen LogP contribution in [0.4, 0.5) is 11.6 Å². The number of hydrogen-bond acceptors (Lipinski definition) is 6. The van der Waals surface area contributed by atoms with Crippen molar-refractivity contribution in [3.8, 4) is 0 Å². The molecule has 2 heterocycles. The van der Waals surface area contributed by atoms with E-state index in [0.717, 1.165) is 36.7 Å². The molecule has 0 bridgehead atoms. The lowest BCUT2D eigenvalue weighted by molar-refractivity contribution is 0.0231. The number of nitrogens with two attached hydrogens (primary N) is 1. The van der Waals surface area contributed by atoms with Crippen LogP contribution >= 0.6 is 0 Å². The average molecular weight is 293 g/mol. The van der Waals surface area contributed by atoms with Gasteiger partial charge in [0.25, 0.3) is 0 Å². The largest absolute Gasteiger partial charge is 0.378 e. The molecule has 0 saturated carbocycles. The van der Waals surface area contributed by atoms with Crippen molar-refractivity contribution in [1.29, 1.82) is 0 Å². The van der Waals surface area contributed by atoms with Gasteiger partial charge in [-0.3, -0.25) is 0 Å². The highest BCUT2D eigenvalue weighted by atomic mass is 16.5. The van der Waals surface area contributed by atoms with E-state index < -0.39 is 0 Å². The molecular formula is C15H27N5O. The quantitative estimate of drug-likeness (QED) is 0.586. The first-order chi connectivity index (χ1) is 9.81. The molecule has 6 heteroatoms. The monoisotopic (exact) mass is 293 g/mol. The Labute approximate surface area is 126 Å². The van der Waals surface area contributed by atoms with E-state index in [1.807, 2.05) is 6.92 Å². The van der Waals surface area contributed by atoms with Crippen molar-refractivity contribution in [3.63, 3.8) is 0 Å². The number of hydrazine groups is 1. The smallest absolute Gasteiger partial charge is 0.148 e. The van der Waals surface area contributed by atoms with E-state index in [0.29, 0.717) is 11.9 Å². The first-order valence-corrected chi connectivity index (χ1v) is 7.55. The molecule has 0 aliphatic carbocycles. The highest BCUT2D eigenvalue weighted by Crippen LogP contribution is 2.27. The molecule has 1 aromatic heterocycles. The second kappa shape index (κ2) is 6.15. The van der Waals surface area contributed by atoms with Crippen LogP contribution < -0.4 is 16.6 Å². The van der Waals surface area contributed by atoms with Gasteiger partial charge >= 0.3 is 0 Å². The van der Waals surface area contributed by atoms with Crippen LogP contribution in [0.3, 0.4) is 0 Å². The summed E-state index contributed by atoms with van der Waals surface area (Å²) in [6, 6.07) is 0.376.